The third-order valence-electron chi connectivity index (χ3n) is 2.72. The number of hydrogen-bond donors (Lipinski definition) is 1. The first-order chi connectivity index (χ1) is 9.17. The fourth-order valence-corrected chi connectivity index (χ4v) is 1.55. The van der Waals surface area contributed by atoms with Crippen molar-refractivity contribution < 1.29 is 19.0 Å². The van der Waals surface area contributed by atoms with E-state index in [0.717, 1.165) is 12.2 Å². The first-order valence-corrected chi connectivity index (χ1v) is 6.21. The van der Waals surface area contributed by atoms with Crippen LogP contribution in [0.15, 0.2) is 24.3 Å². The van der Waals surface area contributed by atoms with Gasteiger partial charge in [-0.1, -0.05) is 12.1 Å². The molecule has 0 heterocycles. The summed E-state index contributed by atoms with van der Waals surface area (Å²) in [7, 11) is 3.00. The predicted molar refractivity (Wildman–Crippen MR) is 72.1 cm³/mol. The molecule has 0 radical (unpaired) electrons. The molecular formula is C14H21NO4. The molecule has 0 saturated heterocycles. The average Bonchev–Trinajstić information content (AvgIpc) is 2.45. The summed E-state index contributed by atoms with van der Waals surface area (Å²) in [6, 6.07) is 7.15. The second-order valence-electron chi connectivity index (χ2n) is 4.15. The van der Waals surface area contributed by atoms with Crippen LogP contribution in [-0.2, 0) is 20.7 Å². The van der Waals surface area contributed by atoms with E-state index in [0.29, 0.717) is 19.6 Å². The van der Waals surface area contributed by atoms with Gasteiger partial charge in [-0.15, -0.1) is 0 Å². The Bertz CT molecular complexity index is 378. The molecule has 0 aliphatic carbocycles. The highest BCUT2D eigenvalue weighted by Gasteiger charge is 2.13. The Hall–Kier alpha value is -1.59. The second-order valence-corrected chi connectivity index (χ2v) is 4.15. The van der Waals surface area contributed by atoms with Gasteiger partial charge in [0.05, 0.1) is 20.3 Å². The molecule has 0 fully saturated rings. The van der Waals surface area contributed by atoms with E-state index in [9.17, 15) is 4.79 Å². The first-order valence-electron chi connectivity index (χ1n) is 6.21. The van der Waals surface area contributed by atoms with Crippen LogP contribution in [0.3, 0.4) is 0 Å². The van der Waals surface area contributed by atoms with Gasteiger partial charge in [0.15, 0.2) is 0 Å². The number of hydrogen-bond acceptors (Lipinski definition) is 5. The Morgan fingerprint density at radius 3 is 2.47 bits per heavy atom. The fourth-order valence-electron chi connectivity index (χ4n) is 1.55. The van der Waals surface area contributed by atoms with Gasteiger partial charge in [0.1, 0.15) is 11.8 Å². The Labute approximate surface area is 113 Å². The van der Waals surface area contributed by atoms with Crippen molar-refractivity contribution in [2.24, 2.45) is 5.73 Å². The molecule has 0 saturated carbocycles. The van der Waals surface area contributed by atoms with Crippen molar-refractivity contribution in [1.29, 1.82) is 0 Å². The third kappa shape index (κ3) is 5.72. The van der Waals surface area contributed by atoms with Crippen molar-refractivity contribution in [2.45, 2.75) is 18.9 Å². The maximum absolute atomic E-state index is 11.1. The Balaban J connectivity index is 2.31. The summed E-state index contributed by atoms with van der Waals surface area (Å²) in [6.07, 6.45) is 1.31. The second kappa shape index (κ2) is 8.50. The SMILES string of the molecule is COCCc1ccc(OCCC(N)C(=O)OC)cc1. The molecule has 1 atom stereocenters. The molecule has 106 valence electrons. The van der Waals surface area contributed by atoms with E-state index in [-0.39, 0.29) is 0 Å². The van der Waals surface area contributed by atoms with E-state index in [1.54, 1.807) is 7.11 Å². The van der Waals surface area contributed by atoms with Gasteiger partial charge < -0.3 is 19.9 Å². The van der Waals surface area contributed by atoms with E-state index in [1.165, 1.54) is 12.7 Å². The summed E-state index contributed by atoms with van der Waals surface area (Å²) in [5.74, 6) is 0.344. The van der Waals surface area contributed by atoms with E-state index in [1.807, 2.05) is 24.3 Å². The predicted octanol–water partition coefficient (Wildman–Crippen LogP) is 1.14. The van der Waals surface area contributed by atoms with Gasteiger partial charge in [-0.2, -0.15) is 0 Å². The topological polar surface area (TPSA) is 70.8 Å². The zero-order valence-corrected chi connectivity index (χ0v) is 11.4. The summed E-state index contributed by atoms with van der Waals surface area (Å²) in [5.41, 5.74) is 6.80. The molecule has 5 nitrogen and oxygen atoms in total. The van der Waals surface area contributed by atoms with Crippen LogP contribution in [-0.4, -0.2) is 39.4 Å². The molecule has 0 bridgehead atoms. The lowest BCUT2D eigenvalue weighted by Gasteiger charge is -2.10. The molecule has 0 spiro atoms. The van der Waals surface area contributed by atoms with Crippen molar-refractivity contribution in [2.75, 3.05) is 27.4 Å². The van der Waals surface area contributed by atoms with Gasteiger partial charge >= 0.3 is 5.97 Å². The summed E-state index contributed by atoms with van der Waals surface area (Å²) < 4.78 is 15.1. The fraction of sp³-hybridized carbons (Fsp3) is 0.500. The number of carbonyl (C=O) groups excluding carboxylic acids is 1. The lowest BCUT2D eigenvalue weighted by atomic mass is 10.1. The summed E-state index contributed by atoms with van der Waals surface area (Å²) in [4.78, 5) is 11.1. The van der Waals surface area contributed by atoms with Gasteiger partial charge in [0.25, 0.3) is 0 Å². The maximum Gasteiger partial charge on any atom is 0.322 e. The summed E-state index contributed by atoms with van der Waals surface area (Å²) in [5, 5.41) is 0. The zero-order valence-electron chi connectivity index (χ0n) is 11.4. The number of nitrogens with two attached hydrogens (primary N) is 1. The maximum atomic E-state index is 11.1. The highest BCUT2D eigenvalue weighted by atomic mass is 16.5. The molecule has 1 rings (SSSR count). The molecule has 1 aromatic carbocycles. The number of carbonyl (C=O) groups is 1. The molecule has 2 N–H and O–H groups in total. The third-order valence-corrected chi connectivity index (χ3v) is 2.72. The van der Waals surface area contributed by atoms with Gasteiger partial charge in [0, 0.05) is 13.5 Å². The Kier molecular flexibility index (Phi) is 6.92. The number of ether oxygens (including phenoxy) is 3. The number of esters is 1. The number of methoxy groups -OCH3 is 2. The van der Waals surface area contributed by atoms with Crippen molar-refractivity contribution in [3.8, 4) is 5.75 Å². The lowest BCUT2D eigenvalue weighted by molar-refractivity contribution is -0.142. The number of rotatable bonds is 8. The van der Waals surface area contributed by atoms with Crippen LogP contribution in [0.4, 0.5) is 0 Å². The van der Waals surface area contributed by atoms with Crippen LogP contribution in [0.2, 0.25) is 0 Å². The normalized spacial score (nSPS) is 11.9. The minimum Gasteiger partial charge on any atom is -0.494 e. The van der Waals surface area contributed by atoms with E-state index in [2.05, 4.69) is 4.74 Å². The zero-order chi connectivity index (χ0) is 14.1. The van der Waals surface area contributed by atoms with Crippen LogP contribution in [0.1, 0.15) is 12.0 Å². The first kappa shape index (κ1) is 15.5. The Morgan fingerprint density at radius 2 is 1.89 bits per heavy atom. The van der Waals surface area contributed by atoms with Crippen LogP contribution in [0, 0.1) is 0 Å². The van der Waals surface area contributed by atoms with Crippen LogP contribution >= 0.6 is 0 Å². The van der Waals surface area contributed by atoms with E-state index >= 15 is 0 Å². The summed E-state index contributed by atoms with van der Waals surface area (Å²) in [6.45, 7) is 1.09. The van der Waals surface area contributed by atoms with Crippen molar-refractivity contribution in [3.05, 3.63) is 29.8 Å². The molecule has 5 heteroatoms. The molecule has 1 aromatic rings. The molecular weight excluding hydrogens is 246 g/mol. The minimum atomic E-state index is -0.633. The molecule has 0 aliphatic rings. The standard InChI is InChI=1S/C14H21NO4/c1-17-9-7-11-3-5-12(6-4-11)19-10-8-13(15)14(16)18-2/h3-6,13H,7-10,15H2,1-2H3. The van der Waals surface area contributed by atoms with Gasteiger partial charge in [-0.25, -0.2) is 0 Å². The largest absolute Gasteiger partial charge is 0.494 e. The molecule has 19 heavy (non-hydrogen) atoms. The minimum absolute atomic E-state index is 0.383. The van der Waals surface area contributed by atoms with E-state index < -0.39 is 12.0 Å². The van der Waals surface area contributed by atoms with Gasteiger partial charge in [-0.05, 0) is 24.1 Å². The number of benzene rings is 1. The Morgan fingerprint density at radius 1 is 1.21 bits per heavy atom. The molecule has 0 aromatic heterocycles. The van der Waals surface area contributed by atoms with Crippen molar-refractivity contribution in [3.63, 3.8) is 0 Å². The summed E-state index contributed by atoms with van der Waals surface area (Å²) >= 11 is 0. The highest BCUT2D eigenvalue weighted by molar-refractivity contribution is 5.75. The van der Waals surface area contributed by atoms with Crippen LogP contribution in [0.25, 0.3) is 0 Å². The average molecular weight is 267 g/mol. The van der Waals surface area contributed by atoms with Crippen molar-refractivity contribution >= 4 is 5.97 Å². The van der Waals surface area contributed by atoms with E-state index in [4.69, 9.17) is 15.2 Å². The molecule has 0 amide bonds. The molecule has 1 unspecified atom stereocenters. The molecule has 0 aliphatic heterocycles. The highest BCUT2D eigenvalue weighted by Crippen LogP contribution is 2.13. The quantitative estimate of drug-likeness (QED) is 0.715. The van der Waals surface area contributed by atoms with Crippen LogP contribution in [0.5, 0.6) is 5.75 Å². The van der Waals surface area contributed by atoms with Gasteiger partial charge in [-0.3, -0.25) is 4.79 Å². The lowest BCUT2D eigenvalue weighted by Crippen LogP contribution is -2.33. The smallest absolute Gasteiger partial charge is 0.322 e. The monoisotopic (exact) mass is 267 g/mol. The van der Waals surface area contributed by atoms with Gasteiger partial charge in [0.2, 0.25) is 0 Å². The van der Waals surface area contributed by atoms with Crippen LogP contribution < -0.4 is 10.5 Å². The van der Waals surface area contributed by atoms with Crippen molar-refractivity contribution in [1.82, 2.24) is 0 Å².